The first-order chi connectivity index (χ1) is 8.99. The standard InChI is InChI=1S/C10H5BrClN3O4/c11-8-9(16)13-4-14-10(8)19-7-2-1-5(15(17)18)3-6(7)12/h1-4H,(H,13,14,16). The van der Waals surface area contributed by atoms with Gasteiger partial charge in [0.1, 0.15) is 10.2 Å². The monoisotopic (exact) mass is 345 g/mol. The molecule has 0 spiro atoms. The van der Waals surface area contributed by atoms with E-state index in [1.807, 2.05) is 0 Å². The minimum atomic E-state index is -0.572. The Labute approximate surface area is 119 Å². The van der Waals surface area contributed by atoms with Crippen LogP contribution in [0.3, 0.4) is 0 Å². The molecule has 0 aliphatic rings. The highest BCUT2D eigenvalue weighted by Crippen LogP contribution is 2.33. The van der Waals surface area contributed by atoms with Crippen LogP contribution in [0.25, 0.3) is 0 Å². The maximum Gasteiger partial charge on any atom is 0.271 e. The molecular formula is C10H5BrClN3O4. The van der Waals surface area contributed by atoms with E-state index in [1.165, 1.54) is 18.5 Å². The van der Waals surface area contributed by atoms with Crippen molar-refractivity contribution in [2.45, 2.75) is 0 Å². The summed E-state index contributed by atoms with van der Waals surface area (Å²) in [6.07, 6.45) is 1.17. The number of aromatic amines is 1. The average Bonchev–Trinajstić information content (AvgIpc) is 2.37. The third kappa shape index (κ3) is 2.91. The van der Waals surface area contributed by atoms with Crippen LogP contribution < -0.4 is 10.3 Å². The number of nitrogens with zero attached hydrogens (tertiary/aromatic N) is 2. The van der Waals surface area contributed by atoms with Crippen LogP contribution in [-0.2, 0) is 0 Å². The minimum Gasteiger partial charge on any atom is -0.436 e. The van der Waals surface area contributed by atoms with Crippen molar-refractivity contribution in [2.75, 3.05) is 0 Å². The van der Waals surface area contributed by atoms with Crippen LogP contribution >= 0.6 is 27.5 Å². The summed E-state index contributed by atoms with van der Waals surface area (Å²) in [4.78, 5) is 27.5. The third-order valence-corrected chi connectivity index (χ3v) is 3.09. The van der Waals surface area contributed by atoms with Crippen molar-refractivity contribution in [2.24, 2.45) is 0 Å². The Bertz CT molecular complexity index is 703. The highest BCUT2D eigenvalue weighted by atomic mass is 79.9. The van der Waals surface area contributed by atoms with Crippen molar-refractivity contribution in [3.8, 4) is 11.6 Å². The predicted octanol–water partition coefficient (Wildman–Crippen LogP) is 2.89. The van der Waals surface area contributed by atoms with Crippen molar-refractivity contribution >= 4 is 33.2 Å². The number of nitrogens with one attached hydrogen (secondary N) is 1. The van der Waals surface area contributed by atoms with E-state index >= 15 is 0 Å². The molecule has 1 N–H and O–H groups in total. The van der Waals surface area contributed by atoms with Gasteiger partial charge in [0, 0.05) is 12.1 Å². The summed E-state index contributed by atoms with van der Waals surface area (Å²) >= 11 is 8.87. The van der Waals surface area contributed by atoms with Gasteiger partial charge in [0.15, 0.2) is 0 Å². The normalized spacial score (nSPS) is 10.2. The number of hydrogen-bond acceptors (Lipinski definition) is 5. The van der Waals surface area contributed by atoms with Gasteiger partial charge in [-0.25, -0.2) is 4.98 Å². The summed E-state index contributed by atoms with van der Waals surface area (Å²) in [5, 5.41) is 10.6. The Morgan fingerprint density at radius 1 is 1.47 bits per heavy atom. The number of nitro groups is 1. The van der Waals surface area contributed by atoms with Crippen LogP contribution in [-0.4, -0.2) is 14.9 Å². The van der Waals surface area contributed by atoms with Crippen molar-refractivity contribution in [1.82, 2.24) is 9.97 Å². The van der Waals surface area contributed by atoms with Crippen LogP contribution in [0.1, 0.15) is 0 Å². The van der Waals surface area contributed by atoms with E-state index < -0.39 is 10.5 Å². The van der Waals surface area contributed by atoms with Crippen molar-refractivity contribution in [3.05, 3.63) is 54.5 Å². The van der Waals surface area contributed by atoms with Crippen LogP contribution in [0, 0.1) is 10.1 Å². The molecule has 98 valence electrons. The zero-order chi connectivity index (χ0) is 14.0. The molecule has 1 heterocycles. The Hall–Kier alpha value is -1.93. The van der Waals surface area contributed by atoms with E-state index in [0.717, 1.165) is 6.07 Å². The first-order valence-electron chi connectivity index (χ1n) is 4.84. The fraction of sp³-hybridized carbons (Fsp3) is 0. The van der Waals surface area contributed by atoms with Gasteiger partial charge in [-0.1, -0.05) is 11.6 Å². The Morgan fingerprint density at radius 2 is 2.21 bits per heavy atom. The lowest BCUT2D eigenvalue weighted by atomic mass is 10.3. The highest BCUT2D eigenvalue weighted by Gasteiger charge is 2.13. The van der Waals surface area contributed by atoms with Crippen LogP contribution in [0.4, 0.5) is 5.69 Å². The summed E-state index contributed by atoms with van der Waals surface area (Å²) in [6, 6.07) is 3.72. The van der Waals surface area contributed by atoms with Gasteiger partial charge in [-0.05, 0) is 22.0 Å². The predicted molar refractivity (Wildman–Crippen MR) is 70.7 cm³/mol. The van der Waals surface area contributed by atoms with Crippen LogP contribution in [0.15, 0.2) is 33.8 Å². The van der Waals surface area contributed by atoms with Gasteiger partial charge in [-0.2, -0.15) is 0 Å². The molecule has 7 nitrogen and oxygen atoms in total. The van der Waals surface area contributed by atoms with Crippen molar-refractivity contribution in [3.63, 3.8) is 0 Å². The number of ether oxygens (including phenoxy) is 1. The van der Waals surface area contributed by atoms with Gasteiger partial charge >= 0.3 is 0 Å². The molecule has 0 bridgehead atoms. The third-order valence-electron chi connectivity index (χ3n) is 2.10. The Kier molecular flexibility index (Phi) is 3.82. The molecule has 0 fully saturated rings. The maximum absolute atomic E-state index is 11.3. The number of nitro benzene ring substituents is 1. The first-order valence-corrected chi connectivity index (χ1v) is 6.01. The molecule has 0 saturated carbocycles. The van der Waals surface area contributed by atoms with Crippen LogP contribution in [0.5, 0.6) is 11.6 Å². The maximum atomic E-state index is 11.3. The molecule has 0 aliphatic carbocycles. The summed E-state index contributed by atoms with van der Waals surface area (Å²) in [5.41, 5.74) is -0.571. The molecule has 1 aromatic heterocycles. The highest BCUT2D eigenvalue weighted by molar-refractivity contribution is 9.10. The largest absolute Gasteiger partial charge is 0.436 e. The van der Waals surface area contributed by atoms with Crippen molar-refractivity contribution in [1.29, 1.82) is 0 Å². The Balaban J connectivity index is 2.36. The van der Waals surface area contributed by atoms with Crippen molar-refractivity contribution < 1.29 is 9.66 Å². The lowest BCUT2D eigenvalue weighted by molar-refractivity contribution is -0.384. The lowest BCUT2D eigenvalue weighted by Gasteiger charge is -2.06. The smallest absolute Gasteiger partial charge is 0.271 e. The number of rotatable bonds is 3. The van der Waals surface area contributed by atoms with E-state index in [4.69, 9.17) is 16.3 Å². The lowest BCUT2D eigenvalue weighted by Crippen LogP contribution is -2.08. The second-order valence-electron chi connectivity index (χ2n) is 3.32. The number of halogens is 2. The molecule has 9 heteroatoms. The Morgan fingerprint density at radius 3 is 2.84 bits per heavy atom. The molecule has 0 aliphatic heterocycles. The number of H-pyrrole nitrogens is 1. The molecule has 0 atom stereocenters. The molecule has 0 unspecified atom stereocenters. The molecule has 2 aromatic rings. The second kappa shape index (κ2) is 5.37. The van der Waals surface area contributed by atoms with Gasteiger partial charge in [0.2, 0.25) is 5.88 Å². The summed E-state index contributed by atoms with van der Waals surface area (Å²) in [7, 11) is 0. The fourth-order valence-corrected chi connectivity index (χ4v) is 1.74. The summed E-state index contributed by atoms with van der Waals surface area (Å²) in [6.45, 7) is 0. The first kappa shape index (κ1) is 13.5. The fourth-order valence-electron chi connectivity index (χ4n) is 1.23. The van der Waals surface area contributed by atoms with E-state index in [1.54, 1.807) is 0 Å². The second-order valence-corrected chi connectivity index (χ2v) is 4.52. The van der Waals surface area contributed by atoms with E-state index in [-0.39, 0.29) is 26.8 Å². The molecule has 2 rings (SSSR count). The van der Waals surface area contributed by atoms with Gasteiger partial charge in [-0.15, -0.1) is 0 Å². The molecule has 1 aromatic carbocycles. The SMILES string of the molecule is O=c1[nH]cnc(Oc2ccc([N+](=O)[O-])cc2Cl)c1Br. The van der Waals surface area contributed by atoms with E-state index in [9.17, 15) is 14.9 Å². The van der Waals surface area contributed by atoms with E-state index in [2.05, 4.69) is 25.9 Å². The topological polar surface area (TPSA) is 98.1 Å². The van der Waals surface area contributed by atoms with Crippen LogP contribution in [0.2, 0.25) is 5.02 Å². The zero-order valence-corrected chi connectivity index (χ0v) is 11.4. The molecular weight excluding hydrogens is 341 g/mol. The summed E-state index contributed by atoms with van der Waals surface area (Å²) < 4.78 is 5.42. The van der Waals surface area contributed by atoms with E-state index in [0.29, 0.717) is 0 Å². The van der Waals surface area contributed by atoms with Gasteiger partial charge in [-0.3, -0.25) is 14.9 Å². The average molecular weight is 347 g/mol. The zero-order valence-electron chi connectivity index (χ0n) is 9.09. The van der Waals surface area contributed by atoms with Gasteiger partial charge in [0.05, 0.1) is 16.3 Å². The molecule has 0 radical (unpaired) electrons. The van der Waals surface area contributed by atoms with Gasteiger partial charge in [0.25, 0.3) is 11.2 Å². The number of hydrogen-bond donors (Lipinski definition) is 1. The van der Waals surface area contributed by atoms with Gasteiger partial charge < -0.3 is 9.72 Å². The molecule has 0 saturated heterocycles. The quantitative estimate of drug-likeness (QED) is 0.680. The number of benzene rings is 1. The summed E-state index contributed by atoms with van der Waals surface area (Å²) in [5.74, 6) is 0.172. The molecule has 19 heavy (non-hydrogen) atoms. The number of aromatic nitrogens is 2. The number of non-ortho nitro benzene ring substituents is 1. The molecule has 0 amide bonds. The minimum absolute atomic E-state index is 0.0134.